The molecule has 3 N–H and O–H groups in total. The zero-order valence-electron chi connectivity index (χ0n) is 64.1. The minimum absolute atomic E-state index is 0.0103. The Kier molecular flexibility index (Phi) is 29.8. The number of ether oxygens (including phenoxy) is 6. The third-order valence-electron chi connectivity index (χ3n) is 22.0. The van der Waals surface area contributed by atoms with E-state index in [4.69, 9.17) is 86.4 Å². The van der Waals surface area contributed by atoms with Gasteiger partial charge in [-0.15, -0.1) is 0 Å². The van der Waals surface area contributed by atoms with Crippen molar-refractivity contribution >= 4 is 99.5 Å². The zero-order valence-corrected chi connectivity index (χ0v) is 67.8. The Hall–Kier alpha value is -7.39. The molecule has 0 saturated heterocycles. The van der Waals surface area contributed by atoms with Crippen LogP contribution in [0.3, 0.4) is 0 Å². The van der Waals surface area contributed by atoms with Crippen molar-refractivity contribution in [3.8, 4) is 0 Å². The van der Waals surface area contributed by atoms with Crippen molar-refractivity contribution in [3.05, 3.63) is 205 Å². The SMILES string of the molecule is Cc1cc(Cl)c2c(c1)C(c1ccc3c(c1)C(=O)N(CCOCCOCCNC(=O)CCC(CCC(=O)NCCOCCOCCN1Cc4ccc(C5CN(C)Cc6c(Cl)cc(Cl)cc65)cc4C1=O)(CCC(=O)NCCOCCOCCN1Cc4ccc(C5CN(C)Cc6c(Cl)cc(Cl)cc65)cc4C1=O)N=C=O)C3)CN(C)C2. The second-order valence-corrected chi connectivity index (χ2v) is 32.1. The number of likely N-dealkylation sites (N-methyl/N-ethyl adjacent to an activating group) is 3. The van der Waals surface area contributed by atoms with Crippen molar-refractivity contribution in [2.45, 2.75) is 108 Å². The van der Waals surface area contributed by atoms with Gasteiger partial charge >= 0.3 is 0 Å². The van der Waals surface area contributed by atoms with Gasteiger partial charge in [0.2, 0.25) is 23.8 Å². The van der Waals surface area contributed by atoms with Gasteiger partial charge < -0.3 is 73.8 Å². The molecule has 112 heavy (non-hydrogen) atoms. The van der Waals surface area contributed by atoms with Crippen LogP contribution < -0.4 is 16.0 Å². The maximum Gasteiger partial charge on any atom is 0.254 e. The Balaban J connectivity index is 0.542. The maximum absolute atomic E-state index is 13.7. The molecule has 598 valence electrons. The van der Waals surface area contributed by atoms with Crippen molar-refractivity contribution in [3.63, 3.8) is 0 Å². The molecule has 0 saturated carbocycles. The lowest BCUT2D eigenvalue weighted by Gasteiger charge is -2.33. The summed E-state index contributed by atoms with van der Waals surface area (Å²) in [5.74, 6) is -1.03. The van der Waals surface area contributed by atoms with Crippen LogP contribution in [0.1, 0.15) is 160 Å². The number of fused-ring (bicyclic) bond motifs is 6. The largest absolute Gasteiger partial charge is 0.377 e. The van der Waals surface area contributed by atoms with Gasteiger partial charge in [0.15, 0.2) is 0 Å². The summed E-state index contributed by atoms with van der Waals surface area (Å²) in [6.07, 6.45) is 1.57. The summed E-state index contributed by atoms with van der Waals surface area (Å²) in [6.45, 7) is 12.9. The van der Waals surface area contributed by atoms with Crippen LogP contribution >= 0.6 is 58.0 Å². The fraction of sp³-hybridized carbons (Fsp3) is 0.488. The molecule has 0 spiro atoms. The van der Waals surface area contributed by atoms with Crippen molar-refractivity contribution in [2.75, 3.05) is 159 Å². The lowest BCUT2D eigenvalue weighted by atomic mass is 9.83. The number of isocyanates is 1. The minimum atomic E-state index is -1.29. The summed E-state index contributed by atoms with van der Waals surface area (Å²) in [5, 5.41) is 11.8. The first-order valence-electron chi connectivity index (χ1n) is 38.5. The molecule has 0 fully saturated rings. The molecular weight excluding hydrogens is 1530 g/mol. The third-order valence-corrected chi connectivity index (χ3v) is 23.4. The minimum Gasteiger partial charge on any atom is -0.377 e. The molecule has 6 amide bonds. The Morgan fingerprint density at radius 2 is 0.741 bits per heavy atom. The molecule has 6 aromatic carbocycles. The molecule has 6 aromatic rings. The first-order valence-corrected chi connectivity index (χ1v) is 40.4. The molecule has 23 nitrogen and oxygen atoms in total. The fourth-order valence-electron chi connectivity index (χ4n) is 16.1. The Morgan fingerprint density at radius 1 is 0.429 bits per heavy atom. The Morgan fingerprint density at radius 3 is 1.07 bits per heavy atom. The highest BCUT2D eigenvalue weighted by atomic mass is 35.5. The number of carbonyl (C=O) groups is 6. The van der Waals surface area contributed by atoms with Gasteiger partial charge in [0.25, 0.3) is 17.7 Å². The molecule has 0 radical (unpaired) electrons. The van der Waals surface area contributed by atoms with E-state index < -0.39 is 5.54 Å². The number of hydrogen-bond acceptors (Lipinski definition) is 17. The molecule has 28 heteroatoms. The van der Waals surface area contributed by atoms with Crippen LogP contribution in [-0.2, 0) is 86.9 Å². The summed E-state index contributed by atoms with van der Waals surface area (Å²) in [5.41, 5.74) is 14.6. The Bertz CT molecular complexity index is 4050. The number of hydrogen-bond donors (Lipinski definition) is 3. The summed E-state index contributed by atoms with van der Waals surface area (Å²) in [4.78, 5) is 109. The van der Waals surface area contributed by atoms with E-state index in [0.717, 1.165) is 111 Å². The van der Waals surface area contributed by atoms with Gasteiger partial charge in [0.05, 0.1) is 84.8 Å². The number of benzene rings is 6. The molecule has 0 aromatic heterocycles. The van der Waals surface area contributed by atoms with E-state index in [1.807, 2.05) is 48.5 Å². The first-order chi connectivity index (χ1) is 54.1. The normalized spacial score (nSPS) is 17.9. The lowest BCUT2D eigenvalue weighted by molar-refractivity contribution is -0.121. The van der Waals surface area contributed by atoms with Crippen molar-refractivity contribution < 1.29 is 62.0 Å². The van der Waals surface area contributed by atoms with Gasteiger partial charge in [-0.1, -0.05) is 100 Å². The van der Waals surface area contributed by atoms with E-state index >= 15 is 0 Å². The van der Waals surface area contributed by atoms with Crippen LogP contribution in [0.4, 0.5) is 0 Å². The van der Waals surface area contributed by atoms with Gasteiger partial charge in [-0.2, -0.15) is 4.99 Å². The smallest absolute Gasteiger partial charge is 0.254 e. The van der Waals surface area contributed by atoms with E-state index in [0.29, 0.717) is 95.9 Å². The van der Waals surface area contributed by atoms with Crippen LogP contribution in [0, 0.1) is 6.92 Å². The van der Waals surface area contributed by atoms with Crippen molar-refractivity contribution in [1.29, 1.82) is 0 Å². The zero-order chi connectivity index (χ0) is 79.0. The third kappa shape index (κ3) is 21.6. The standard InChI is InChI=1S/C84H99Cl5N10O13/c1-54-35-66-69(47-94(2)50-72(66)75(87)36-54)55-5-8-58-44-97(81(104)63(58)37-55)20-26-110-32-29-107-23-17-90-78(101)11-14-84(93-53-100,15-12-79(102)91-18-24-108-30-33-111-27-21-98-45-59-9-6-56(38-64(59)82(98)105)70-48-95(3)51-73-67(70)40-61(85)42-76(73)88)16-13-80(103)92-19-25-109-31-34-112-28-22-99-46-60-10-7-57(39-65(60)83(99)106)71-49-96(4)52-74-68(71)41-62(86)43-77(74)89/h5-10,35-43,69-71H,11-34,44-52H2,1-4H3,(H,90,101)(H,91,102)(H,92,103). The first kappa shape index (κ1) is 84.0. The number of nitrogens with one attached hydrogen (secondary N) is 3. The number of aliphatic imine (C=N–C) groups is 1. The topological polar surface area (TPSA) is 243 Å². The van der Waals surface area contributed by atoms with Gasteiger partial charge in [0, 0.05) is 177 Å². The average molecular weight is 1630 g/mol. The second kappa shape index (κ2) is 39.8. The average Bonchev–Trinajstić information content (AvgIpc) is 1.35. The van der Waals surface area contributed by atoms with Crippen LogP contribution in [0.25, 0.3) is 0 Å². The van der Waals surface area contributed by atoms with Gasteiger partial charge in [-0.05, 0) is 168 Å². The Labute approximate surface area is 680 Å². The lowest BCUT2D eigenvalue weighted by Crippen LogP contribution is -2.36. The van der Waals surface area contributed by atoms with Gasteiger partial charge in [-0.25, -0.2) is 4.79 Å². The molecule has 0 aliphatic carbocycles. The highest BCUT2D eigenvalue weighted by Crippen LogP contribution is 2.43. The summed E-state index contributed by atoms with van der Waals surface area (Å²) < 4.78 is 34.8. The predicted molar refractivity (Wildman–Crippen MR) is 430 cm³/mol. The fourth-order valence-corrected chi connectivity index (χ4v) is 17.6. The van der Waals surface area contributed by atoms with Crippen molar-refractivity contribution in [2.24, 2.45) is 4.99 Å². The quantitative estimate of drug-likeness (QED) is 0.0184. The predicted octanol–water partition coefficient (Wildman–Crippen LogP) is 11.1. The van der Waals surface area contributed by atoms with Crippen LogP contribution in [0.5, 0.6) is 0 Å². The van der Waals surface area contributed by atoms with E-state index in [9.17, 15) is 33.6 Å². The van der Waals surface area contributed by atoms with Crippen molar-refractivity contribution in [1.82, 2.24) is 45.3 Å². The summed E-state index contributed by atoms with van der Waals surface area (Å²) >= 11 is 32.9. The number of carbonyl (C=O) groups excluding carboxylic acids is 7. The number of rotatable bonds is 40. The number of halogens is 5. The highest BCUT2D eigenvalue weighted by molar-refractivity contribution is 6.36. The second-order valence-electron chi connectivity index (χ2n) is 30.1. The monoisotopic (exact) mass is 1630 g/mol. The van der Waals surface area contributed by atoms with E-state index in [2.05, 4.69) is 94.0 Å². The maximum atomic E-state index is 13.7. The van der Waals surface area contributed by atoms with E-state index in [1.54, 1.807) is 32.9 Å². The van der Waals surface area contributed by atoms with Gasteiger partial charge in [0.1, 0.15) is 0 Å². The van der Waals surface area contributed by atoms with Gasteiger partial charge in [-0.3, -0.25) is 28.8 Å². The molecule has 6 aliphatic rings. The number of amides is 6. The molecule has 6 heterocycles. The van der Waals surface area contributed by atoms with Crippen LogP contribution in [0.15, 0.2) is 96.0 Å². The molecule has 3 atom stereocenters. The van der Waals surface area contributed by atoms with Crippen LogP contribution in [0.2, 0.25) is 25.1 Å². The molecule has 3 unspecified atom stereocenters. The van der Waals surface area contributed by atoms with Crippen LogP contribution in [-0.4, -0.2) is 236 Å². The van der Waals surface area contributed by atoms with E-state index in [-0.39, 0.29) is 171 Å². The highest BCUT2D eigenvalue weighted by Gasteiger charge is 2.37. The summed E-state index contributed by atoms with van der Waals surface area (Å²) in [7, 11) is 6.20. The number of aryl methyl sites for hydroxylation is 1. The number of nitrogens with zero attached hydrogens (tertiary/aromatic N) is 7. The molecule has 6 aliphatic heterocycles. The molecule has 12 rings (SSSR count). The summed E-state index contributed by atoms with van der Waals surface area (Å²) in [6, 6.07) is 30.2. The molecule has 0 bridgehead atoms. The van der Waals surface area contributed by atoms with E-state index in [1.165, 1.54) is 5.56 Å². The molecular formula is C84H99Cl5N10O13.